The molecule has 1 aromatic carbocycles. The minimum Gasteiger partial charge on any atom is -0.356 e. The van der Waals surface area contributed by atoms with Gasteiger partial charge in [-0.05, 0) is 104 Å². The fraction of sp³-hybridized carbons (Fsp3) is 0.744. The topological polar surface area (TPSA) is 19.0 Å². The van der Waals surface area contributed by atoms with E-state index in [9.17, 15) is 0 Å². The van der Waals surface area contributed by atoms with Crippen LogP contribution in [0.2, 0.25) is 0 Å². The summed E-state index contributed by atoms with van der Waals surface area (Å²) in [5.74, 6) is 6.44. The number of hydrogen-bond acceptors (Lipinski definition) is 4. The van der Waals surface area contributed by atoms with Gasteiger partial charge in [0.15, 0.2) is 0 Å². The number of hydrogen-bond donors (Lipinski definition) is 0. The molecule has 1 aromatic rings. The highest BCUT2D eigenvalue weighted by molar-refractivity contribution is 7.51. The summed E-state index contributed by atoms with van der Waals surface area (Å²) in [6.45, 7) is 10.8. The van der Waals surface area contributed by atoms with Crippen molar-refractivity contribution in [3.05, 3.63) is 53.4 Å². The van der Waals surface area contributed by atoms with Crippen molar-refractivity contribution in [3.8, 4) is 0 Å². The molecule has 0 spiro atoms. The molecule has 8 aliphatic rings. The summed E-state index contributed by atoms with van der Waals surface area (Å²) in [7, 11) is 1.87. The first-order valence-corrected chi connectivity index (χ1v) is 20.0. The van der Waals surface area contributed by atoms with Crippen LogP contribution in [0.4, 0.5) is 5.69 Å². The molecular formula is C39H56N3OP. The Bertz CT molecular complexity index is 1310. The van der Waals surface area contributed by atoms with Crippen molar-refractivity contribution < 1.29 is 4.52 Å². The van der Waals surface area contributed by atoms with Gasteiger partial charge in [-0.25, -0.2) is 0 Å². The molecule has 238 valence electrons. The Morgan fingerprint density at radius 2 is 1.57 bits per heavy atom. The molecule has 4 heterocycles. The van der Waals surface area contributed by atoms with Crippen molar-refractivity contribution in [3.63, 3.8) is 0 Å². The van der Waals surface area contributed by atoms with Crippen LogP contribution in [0.1, 0.15) is 115 Å². The number of nitrogens with zero attached hydrogens (tertiary/aromatic N) is 3. The number of para-hydroxylation sites is 1. The fourth-order valence-electron chi connectivity index (χ4n) is 12.4. The normalized spacial score (nSPS) is 44.1. The third-order valence-electron chi connectivity index (χ3n) is 14.0. The molecule has 2 saturated heterocycles. The molecule has 44 heavy (non-hydrogen) atoms. The second kappa shape index (κ2) is 10.8. The van der Waals surface area contributed by atoms with Crippen LogP contribution in [0, 0.1) is 41.4 Å². The van der Waals surface area contributed by atoms with E-state index in [-0.39, 0.29) is 0 Å². The molecule has 9 rings (SSSR count). The number of benzene rings is 1. The molecule has 0 radical (unpaired) electrons. The molecule has 4 nitrogen and oxygen atoms in total. The molecule has 5 heteroatoms. The summed E-state index contributed by atoms with van der Waals surface area (Å²) < 4.78 is 10.8. The highest BCUT2D eigenvalue weighted by atomic mass is 31.2. The molecule has 12 atom stereocenters. The average molecular weight is 614 g/mol. The maximum Gasteiger partial charge on any atom is 0.109 e. The lowest BCUT2D eigenvalue weighted by Crippen LogP contribution is -2.61. The lowest BCUT2D eigenvalue weighted by Gasteiger charge is -2.63. The summed E-state index contributed by atoms with van der Waals surface area (Å²) >= 11 is 0. The molecule has 4 aliphatic heterocycles. The summed E-state index contributed by atoms with van der Waals surface area (Å²) in [5, 5.41) is 0. The van der Waals surface area contributed by atoms with E-state index in [1.165, 1.54) is 81.0 Å². The maximum atomic E-state index is 7.72. The summed E-state index contributed by atoms with van der Waals surface area (Å²) in [6.07, 6.45) is 22.8. The predicted molar refractivity (Wildman–Crippen MR) is 183 cm³/mol. The molecule has 4 aliphatic carbocycles. The van der Waals surface area contributed by atoms with E-state index in [0.717, 1.165) is 30.2 Å². The Hall–Kier alpha value is -1.35. The minimum absolute atomic E-state index is 0.400. The van der Waals surface area contributed by atoms with E-state index in [2.05, 4.69) is 85.8 Å². The molecule has 0 N–H and O–H groups in total. The zero-order valence-corrected chi connectivity index (χ0v) is 28.8. The van der Waals surface area contributed by atoms with Gasteiger partial charge in [0, 0.05) is 54.7 Å². The molecule has 12 unspecified atom stereocenters. The second-order valence-corrected chi connectivity index (χ2v) is 18.6. The monoisotopic (exact) mass is 613 g/mol. The van der Waals surface area contributed by atoms with Crippen LogP contribution in [0.25, 0.3) is 0 Å². The van der Waals surface area contributed by atoms with E-state index in [4.69, 9.17) is 4.52 Å². The smallest absolute Gasteiger partial charge is 0.109 e. The van der Waals surface area contributed by atoms with Gasteiger partial charge < -0.3 is 14.3 Å². The third-order valence-corrected chi connectivity index (χ3v) is 16.7. The van der Waals surface area contributed by atoms with Gasteiger partial charge >= 0.3 is 0 Å². The lowest BCUT2D eigenvalue weighted by molar-refractivity contribution is -0.0825. The first kappa shape index (κ1) is 28.8. The molecule has 2 bridgehead atoms. The summed E-state index contributed by atoms with van der Waals surface area (Å²) in [5.41, 5.74) is 6.94. The van der Waals surface area contributed by atoms with Gasteiger partial charge in [-0.15, -0.1) is 0 Å². The van der Waals surface area contributed by atoms with Crippen molar-refractivity contribution in [1.29, 1.82) is 0 Å². The number of rotatable bonds is 3. The maximum absolute atomic E-state index is 7.72. The van der Waals surface area contributed by atoms with Crippen LogP contribution in [0.5, 0.6) is 0 Å². The van der Waals surface area contributed by atoms with Gasteiger partial charge in [-0.1, -0.05) is 70.9 Å². The zero-order valence-electron chi connectivity index (χ0n) is 27.9. The van der Waals surface area contributed by atoms with Gasteiger partial charge in [0.1, 0.15) is 14.5 Å². The number of fused-ring (bicyclic) bond motifs is 5. The van der Waals surface area contributed by atoms with Gasteiger partial charge in [0.2, 0.25) is 0 Å². The number of anilines is 1. The Morgan fingerprint density at radius 1 is 0.841 bits per heavy atom. The van der Waals surface area contributed by atoms with Crippen molar-refractivity contribution in [1.82, 2.24) is 9.57 Å². The lowest BCUT2D eigenvalue weighted by atomic mass is 9.55. The van der Waals surface area contributed by atoms with Crippen molar-refractivity contribution in [2.45, 2.75) is 128 Å². The molecule has 6 fully saturated rings. The summed E-state index contributed by atoms with van der Waals surface area (Å²) in [4.78, 5) is 5.73. The first-order chi connectivity index (χ1) is 21.4. The van der Waals surface area contributed by atoms with E-state index in [1.807, 2.05) is 0 Å². The highest BCUT2D eigenvalue weighted by Crippen LogP contribution is 2.71. The molecule has 4 saturated carbocycles. The third kappa shape index (κ3) is 4.11. The predicted octanol–water partition coefficient (Wildman–Crippen LogP) is 9.45. The van der Waals surface area contributed by atoms with Gasteiger partial charge in [-0.3, -0.25) is 4.67 Å². The van der Waals surface area contributed by atoms with Crippen LogP contribution in [0.15, 0.2) is 42.2 Å². The largest absolute Gasteiger partial charge is 0.356 e. The molecule has 0 aromatic heterocycles. The molecular weight excluding hydrogens is 557 g/mol. The Labute approximate surface area is 268 Å². The van der Waals surface area contributed by atoms with Crippen molar-refractivity contribution in [2.24, 2.45) is 41.4 Å². The van der Waals surface area contributed by atoms with E-state index >= 15 is 0 Å². The van der Waals surface area contributed by atoms with Gasteiger partial charge in [0.25, 0.3) is 0 Å². The van der Waals surface area contributed by atoms with E-state index < -0.39 is 8.30 Å². The fourth-order valence-corrected chi connectivity index (χ4v) is 15.7. The first-order valence-electron chi connectivity index (χ1n) is 18.7. The minimum atomic E-state index is -0.636. The SMILES string of the molecule is CC(C)c1cccc(C(C)C)c1N1C=C2C3CCCC4C=CCN(C43)P3OC4CCCC5CCC6CCC(C1N2C)C3C6C54. The van der Waals surface area contributed by atoms with Gasteiger partial charge in [0.05, 0.1) is 6.10 Å². The molecule has 0 amide bonds. The van der Waals surface area contributed by atoms with Crippen LogP contribution >= 0.6 is 8.30 Å². The highest BCUT2D eigenvalue weighted by Gasteiger charge is 2.63. The Kier molecular flexibility index (Phi) is 7.11. The van der Waals surface area contributed by atoms with Crippen molar-refractivity contribution in [2.75, 3.05) is 18.5 Å². The van der Waals surface area contributed by atoms with Crippen LogP contribution in [-0.2, 0) is 4.52 Å². The van der Waals surface area contributed by atoms with Crippen molar-refractivity contribution >= 4 is 14.0 Å². The Balaban J connectivity index is 1.26. The standard InChI is InChI=1S/C39H56N3OP/c1-23(2)28-13-8-14-29(24(3)4)37(28)41-22-32-30-15-6-11-27-12-9-21-42(36(27)30)44-38-31(39(41)40(32)5)20-19-26-18-17-25-10-7-16-33(43-44)34(25)35(26)38/h8-9,12-14,22-27,30-31,33-36,38-39H,6-7,10-11,15-21H2,1-5H3. The Morgan fingerprint density at radius 3 is 2.34 bits per heavy atom. The average Bonchev–Trinajstić information content (AvgIpc) is 3.39. The van der Waals surface area contributed by atoms with Gasteiger partial charge in [-0.2, -0.15) is 0 Å². The van der Waals surface area contributed by atoms with Crippen LogP contribution in [-0.4, -0.2) is 47.1 Å². The van der Waals surface area contributed by atoms with Crippen LogP contribution < -0.4 is 4.90 Å². The van der Waals surface area contributed by atoms with Crippen LogP contribution in [0.3, 0.4) is 0 Å². The zero-order chi connectivity index (χ0) is 29.9. The summed E-state index contributed by atoms with van der Waals surface area (Å²) in [6, 6.07) is 7.81. The quantitative estimate of drug-likeness (QED) is 0.250. The van der Waals surface area contributed by atoms with E-state index in [0.29, 0.717) is 53.6 Å². The second-order valence-electron chi connectivity index (χ2n) is 16.7. The van der Waals surface area contributed by atoms with E-state index in [1.54, 1.807) is 5.70 Å².